The molecule has 3 rings (SSSR count). The maximum Gasteiger partial charge on any atom is 0.317 e. The van der Waals surface area contributed by atoms with Crippen molar-refractivity contribution in [3.8, 4) is 0 Å². The van der Waals surface area contributed by atoms with Gasteiger partial charge in [0.25, 0.3) is 0 Å². The molecular formula is C25H32O4. The summed E-state index contributed by atoms with van der Waals surface area (Å²) in [5.41, 5.74) is 1.37. The van der Waals surface area contributed by atoms with Crippen LogP contribution in [0.25, 0.3) is 0 Å². The number of esters is 1. The Morgan fingerprint density at radius 1 is 1.03 bits per heavy atom. The van der Waals surface area contributed by atoms with E-state index in [-0.39, 0.29) is 29.4 Å². The summed E-state index contributed by atoms with van der Waals surface area (Å²) in [4.78, 5) is 25.0. The summed E-state index contributed by atoms with van der Waals surface area (Å²) in [6.45, 7) is 7.59. The number of ketones is 1. The Labute approximate surface area is 173 Å². The van der Waals surface area contributed by atoms with Crippen LogP contribution < -0.4 is 0 Å². The van der Waals surface area contributed by atoms with E-state index >= 15 is 0 Å². The van der Waals surface area contributed by atoms with Crippen LogP contribution in [0.5, 0.6) is 0 Å². The van der Waals surface area contributed by atoms with Crippen molar-refractivity contribution in [1.29, 1.82) is 0 Å². The second-order valence-corrected chi connectivity index (χ2v) is 8.77. The fourth-order valence-corrected chi connectivity index (χ4v) is 4.73. The highest BCUT2D eigenvalue weighted by atomic mass is 16.5. The number of cyclic esters (lactones) is 1. The number of carbonyl (C=O) groups is 2. The Kier molecular flexibility index (Phi) is 6.61. The predicted molar refractivity (Wildman–Crippen MR) is 114 cm³/mol. The maximum absolute atomic E-state index is 12.7. The van der Waals surface area contributed by atoms with Crippen LogP contribution in [-0.2, 0) is 14.3 Å². The van der Waals surface area contributed by atoms with Crippen LogP contribution in [0.15, 0.2) is 59.9 Å². The van der Waals surface area contributed by atoms with Gasteiger partial charge >= 0.3 is 5.97 Å². The number of aliphatic hydroxyl groups is 1. The highest BCUT2D eigenvalue weighted by molar-refractivity contribution is 6.04. The molecule has 2 aliphatic carbocycles. The van der Waals surface area contributed by atoms with E-state index in [0.29, 0.717) is 5.92 Å². The summed E-state index contributed by atoms with van der Waals surface area (Å²) in [5, 5.41) is 11.1. The van der Waals surface area contributed by atoms with E-state index < -0.39 is 23.8 Å². The Balaban J connectivity index is 2.01. The third-order valence-electron chi connectivity index (χ3n) is 6.53. The SMILES string of the molecule is CC1=CC[C@@H]2[C@H]3/C(O)=C\C(=O)[C@@H](C)C(=O)O[C@H](C)/C=C/C=C/[C@@H](C)[C@H]3C=C[C@@H]2C1. The lowest BCUT2D eigenvalue weighted by Crippen LogP contribution is -2.37. The number of rotatable bonds is 0. The zero-order chi connectivity index (χ0) is 21.1. The summed E-state index contributed by atoms with van der Waals surface area (Å²) in [6, 6.07) is 0. The third kappa shape index (κ3) is 4.80. The highest BCUT2D eigenvalue weighted by Crippen LogP contribution is 2.47. The van der Waals surface area contributed by atoms with Crippen LogP contribution in [0.3, 0.4) is 0 Å². The van der Waals surface area contributed by atoms with Crippen LogP contribution >= 0.6 is 0 Å². The van der Waals surface area contributed by atoms with Gasteiger partial charge in [-0.3, -0.25) is 9.59 Å². The summed E-state index contributed by atoms with van der Waals surface area (Å²) < 4.78 is 5.33. The standard InChI is InChI=1S/C25H32O4/c1-15-9-11-21-19(13-15)10-12-20-16(2)7-5-6-8-17(3)29-25(28)18(4)22(26)14-23(27)24(20)21/h5-10,12,14,16-21,24,27H,11,13H2,1-4H3/b7-5+,8-6+,23-14+/t16-,17-,18-,19-,20-,21+,24+/m1/s1. The lowest BCUT2D eigenvalue weighted by Gasteiger charge is -2.43. The van der Waals surface area contributed by atoms with E-state index in [9.17, 15) is 14.7 Å². The Morgan fingerprint density at radius 3 is 2.52 bits per heavy atom. The molecule has 1 N–H and O–H groups in total. The number of ether oxygens (including phenoxy) is 1. The van der Waals surface area contributed by atoms with Crippen molar-refractivity contribution in [3.63, 3.8) is 0 Å². The number of hydrogen-bond acceptors (Lipinski definition) is 4. The molecule has 4 nitrogen and oxygen atoms in total. The van der Waals surface area contributed by atoms with E-state index in [0.717, 1.165) is 12.8 Å². The molecule has 0 unspecified atom stereocenters. The zero-order valence-corrected chi connectivity index (χ0v) is 17.7. The maximum atomic E-state index is 12.7. The molecule has 29 heavy (non-hydrogen) atoms. The predicted octanol–water partition coefficient (Wildman–Crippen LogP) is 5.10. The molecular weight excluding hydrogens is 364 g/mol. The quantitative estimate of drug-likeness (QED) is 0.351. The molecule has 0 radical (unpaired) electrons. The average molecular weight is 397 g/mol. The first-order chi connectivity index (χ1) is 13.8. The van der Waals surface area contributed by atoms with Crippen molar-refractivity contribution in [3.05, 3.63) is 59.9 Å². The second-order valence-electron chi connectivity index (χ2n) is 8.77. The molecule has 156 valence electrons. The summed E-state index contributed by atoms with van der Waals surface area (Å²) in [6.07, 6.45) is 17.2. The molecule has 0 aromatic heterocycles. The first-order valence-corrected chi connectivity index (χ1v) is 10.6. The minimum atomic E-state index is -0.939. The number of carbonyl (C=O) groups excluding carboxylic acids is 2. The Morgan fingerprint density at radius 2 is 1.76 bits per heavy atom. The van der Waals surface area contributed by atoms with E-state index in [2.05, 4.69) is 38.2 Å². The molecule has 1 aliphatic heterocycles. The van der Waals surface area contributed by atoms with Crippen LogP contribution in [0.4, 0.5) is 0 Å². The summed E-state index contributed by atoms with van der Waals surface area (Å²) in [5.74, 6) is -1.07. The van der Waals surface area contributed by atoms with Crippen LogP contribution in [0, 0.1) is 35.5 Å². The van der Waals surface area contributed by atoms with E-state index in [1.165, 1.54) is 18.6 Å². The van der Waals surface area contributed by atoms with E-state index in [1.807, 2.05) is 12.2 Å². The van der Waals surface area contributed by atoms with Crippen LogP contribution in [0.2, 0.25) is 0 Å². The van der Waals surface area contributed by atoms with Gasteiger partial charge in [-0.25, -0.2) is 0 Å². The van der Waals surface area contributed by atoms with Gasteiger partial charge in [0.15, 0.2) is 5.78 Å². The van der Waals surface area contributed by atoms with Gasteiger partial charge in [-0.1, -0.05) is 49.0 Å². The minimum absolute atomic E-state index is 0.0906. The molecule has 0 spiro atoms. The zero-order valence-electron chi connectivity index (χ0n) is 17.7. The molecule has 0 aromatic carbocycles. The molecule has 0 saturated carbocycles. The van der Waals surface area contributed by atoms with E-state index in [4.69, 9.17) is 4.74 Å². The van der Waals surface area contributed by atoms with Gasteiger partial charge in [-0.05, 0) is 63.4 Å². The van der Waals surface area contributed by atoms with Crippen molar-refractivity contribution in [2.45, 2.75) is 46.6 Å². The van der Waals surface area contributed by atoms with Crippen molar-refractivity contribution in [1.82, 2.24) is 0 Å². The summed E-state index contributed by atoms with van der Waals surface area (Å²) in [7, 11) is 0. The fourth-order valence-electron chi connectivity index (χ4n) is 4.73. The first-order valence-electron chi connectivity index (χ1n) is 10.6. The summed E-state index contributed by atoms with van der Waals surface area (Å²) >= 11 is 0. The van der Waals surface area contributed by atoms with Gasteiger partial charge in [0, 0.05) is 12.0 Å². The van der Waals surface area contributed by atoms with Crippen LogP contribution in [-0.4, -0.2) is 23.0 Å². The van der Waals surface area contributed by atoms with Gasteiger partial charge in [0.05, 0.1) is 5.76 Å². The molecule has 3 aliphatic rings. The van der Waals surface area contributed by atoms with Crippen molar-refractivity contribution < 1.29 is 19.4 Å². The molecule has 0 bridgehead atoms. The highest BCUT2D eigenvalue weighted by Gasteiger charge is 2.41. The Bertz CT molecular complexity index is 798. The molecule has 4 heteroatoms. The van der Waals surface area contributed by atoms with Crippen molar-refractivity contribution in [2.75, 3.05) is 0 Å². The molecule has 0 amide bonds. The topological polar surface area (TPSA) is 63.6 Å². The van der Waals surface area contributed by atoms with Gasteiger partial charge in [-0.15, -0.1) is 0 Å². The lowest BCUT2D eigenvalue weighted by atomic mass is 9.62. The molecule has 7 atom stereocenters. The van der Waals surface area contributed by atoms with Crippen molar-refractivity contribution >= 4 is 11.8 Å². The van der Waals surface area contributed by atoms with Crippen molar-refractivity contribution in [2.24, 2.45) is 35.5 Å². The molecule has 0 fully saturated rings. The number of hydrogen-bond donors (Lipinski definition) is 1. The number of aliphatic hydroxyl groups excluding tert-OH is 1. The molecule has 0 aromatic rings. The second kappa shape index (κ2) is 8.98. The number of allylic oxidation sites excluding steroid dienone is 9. The molecule has 1 heterocycles. The van der Waals surface area contributed by atoms with Gasteiger partial charge < -0.3 is 9.84 Å². The number of fused-ring (bicyclic) bond motifs is 3. The fraction of sp³-hybridized carbons (Fsp3) is 0.520. The monoisotopic (exact) mass is 396 g/mol. The van der Waals surface area contributed by atoms with Gasteiger partial charge in [0.1, 0.15) is 12.0 Å². The van der Waals surface area contributed by atoms with Crippen LogP contribution in [0.1, 0.15) is 40.5 Å². The van der Waals surface area contributed by atoms with E-state index in [1.54, 1.807) is 13.0 Å². The minimum Gasteiger partial charge on any atom is -0.512 e. The smallest absolute Gasteiger partial charge is 0.317 e. The Hall–Kier alpha value is -2.36. The lowest BCUT2D eigenvalue weighted by molar-refractivity contribution is -0.152. The largest absolute Gasteiger partial charge is 0.512 e. The molecule has 0 saturated heterocycles. The van der Waals surface area contributed by atoms with Gasteiger partial charge in [0.2, 0.25) is 0 Å². The first kappa shape index (κ1) is 21.4. The normalized spacial score (nSPS) is 42.3. The third-order valence-corrected chi connectivity index (χ3v) is 6.53. The average Bonchev–Trinajstić information content (AvgIpc) is 2.68. The van der Waals surface area contributed by atoms with Gasteiger partial charge in [-0.2, -0.15) is 0 Å².